The van der Waals surface area contributed by atoms with Gasteiger partial charge in [0.15, 0.2) is 11.9 Å². The molecule has 0 fully saturated rings. The van der Waals surface area contributed by atoms with Crippen molar-refractivity contribution in [3.8, 4) is 5.75 Å². The molecule has 118 valence electrons. The highest BCUT2D eigenvalue weighted by molar-refractivity contribution is 5.93. The van der Waals surface area contributed by atoms with E-state index in [4.69, 9.17) is 9.26 Å². The van der Waals surface area contributed by atoms with E-state index in [9.17, 15) is 4.79 Å². The van der Waals surface area contributed by atoms with Gasteiger partial charge in [-0.25, -0.2) is 0 Å². The maximum absolute atomic E-state index is 12.0. The number of nitrogens with one attached hydrogen (secondary N) is 1. The average molecular weight is 302 g/mol. The summed E-state index contributed by atoms with van der Waals surface area (Å²) in [6.45, 7) is 9.91. The van der Waals surface area contributed by atoms with E-state index in [1.165, 1.54) is 5.56 Å². The molecule has 1 aromatic heterocycles. The number of hydrogen-bond acceptors (Lipinski definition) is 4. The van der Waals surface area contributed by atoms with Crippen molar-refractivity contribution in [2.24, 2.45) is 0 Å². The molecule has 0 radical (unpaired) electrons. The number of ether oxygens (including phenoxy) is 1. The summed E-state index contributed by atoms with van der Waals surface area (Å²) < 4.78 is 10.6. The number of hydrogen-bond donors (Lipinski definition) is 1. The first kappa shape index (κ1) is 16.1. The summed E-state index contributed by atoms with van der Waals surface area (Å²) in [6, 6.07) is 9.44. The first-order valence-corrected chi connectivity index (χ1v) is 7.27. The quantitative estimate of drug-likeness (QED) is 0.935. The van der Waals surface area contributed by atoms with E-state index < -0.39 is 6.10 Å². The molecular weight excluding hydrogens is 280 g/mol. The summed E-state index contributed by atoms with van der Waals surface area (Å²) in [5.41, 5.74) is 1.31. The lowest BCUT2D eigenvalue weighted by molar-refractivity contribution is -0.122. The molecule has 0 unspecified atom stereocenters. The second-order valence-corrected chi connectivity index (χ2v) is 6.35. The van der Waals surface area contributed by atoms with Crippen molar-refractivity contribution in [1.29, 1.82) is 0 Å². The molecule has 2 rings (SSSR count). The van der Waals surface area contributed by atoms with Crippen molar-refractivity contribution >= 4 is 11.7 Å². The van der Waals surface area contributed by atoms with Crippen LogP contribution in [-0.2, 0) is 10.2 Å². The number of benzene rings is 1. The number of carbonyl (C=O) groups is 1. The summed E-state index contributed by atoms with van der Waals surface area (Å²) in [5.74, 6) is 1.42. The van der Waals surface area contributed by atoms with Gasteiger partial charge < -0.3 is 14.6 Å². The maximum Gasteiger partial charge on any atom is 0.266 e. The van der Waals surface area contributed by atoms with E-state index in [2.05, 4.69) is 31.2 Å². The van der Waals surface area contributed by atoms with Crippen molar-refractivity contribution in [2.75, 3.05) is 5.32 Å². The molecule has 0 aliphatic heterocycles. The highest BCUT2D eigenvalue weighted by Gasteiger charge is 2.17. The number of carbonyl (C=O) groups excluding carboxylic acids is 1. The van der Waals surface area contributed by atoms with Crippen LogP contribution in [0.1, 0.15) is 39.0 Å². The van der Waals surface area contributed by atoms with Crippen LogP contribution < -0.4 is 10.1 Å². The minimum absolute atomic E-state index is 0.0896. The van der Waals surface area contributed by atoms with Gasteiger partial charge in [0.25, 0.3) is 5.91 Å². The van der Waals surface area contributed by atoms with Crippen LogP contribution in [0.5, 0.6) is 5.75 Å². The maximum atomic E-state index is 12.0. The van der Waals surface area contributed by atoms with Gasteiger partial charge in [0.1, 0.15) is 11.5 Å². The zero-order valence-electron chi connectivity index (χ0n) is 13.6. The lowest BCUT2D eigenvalue weighted by atomic mass is 9.87. The van der Waals surface area contributed by atoms with Gasteiger partial charge in [0, 0.05) is 6.07 Å². The van der Waals surface area contributed by atoms with E-state index in [0.29, 0.717) is 17.3 Å². The Labute approximate surface area is 130 Å². The van der Waals surface area contributed by atoms with Crippen molar-refractivity contribution in [3.05, 3.63) is 41.7 Å². The molecule has 5 heteroatoms. The molecule has 0 aliphatic carbocycles. The first-order valence-electron chi connectivity index (χ1n) is 7.27. The van der Waals surface area contributed by atoms with Crippen LogP contribution in [0.15, 0.2) is 34.9 Å². The lowest BCUT2D eigenvalue weighted by Gasteiger charge is -2.20. The SMILES string of the molecule is Cc1cc(NC(=O)[C@H](C)Oc2ccc(C(C)(C)C)cc2)no1. The van der Waals surface area contributed by atoms with Gasteiger partial charge in [0.05, 0.1) is 0 Å². The average Bonchev–Trinajstić information content (AvgIpc) is 2.83. The summed E-state index contributed by atoms with van der Waals surface area (Å²) in [7, 11) is 0. The zero-order valence-corrected chi connectivity index (χ0v) is 13.6. The van der Waals surface area contributed by atoms with Crippen LogP contribution in [0, 0.1) is 6.92 Å². The molecule has 0 spiro atoms. The summed E-state index contributed by atoms with van der Waals surface area (Å²) in [5, 5.41) is 6.37. The Morgan fingerprint density at radius 3 is 2.41 bits per heavy atom. The molecule has 2 aromatic rings. The Hall–Kier alpha value is -2.30. The molecule has 1 amide bonds. The van der Waals surface area contributed by atoms with Crippen LogP contribution in [0.25, 0.3) is 0 Å². The van der Waals surface area contributed by atoms with Gasteiger partial charge >= 0.3 is 0 Å². The minimum Gasteiger partial charge on any atom is -0.481 e. The van der Waals surface area contributed by atoms with Crippen molar-refractivity contribution in [2.45, 2.75) is 46.1 Å². The van der Waals surface area contributed by atoms with Gasteiger partial charge in [-0.1, -0.05) is 38.1 Å². The van der Waals surface area contributed by atoms with Gasteiger partial charge in [-0.3, -0.25) is 4.79 Å². The van der Waals surface area contributed by atoms with Crippen molar-refractivity contribution < 1.29 is 14.1 Å². The summed E-state index contributed by atoms with van der Waals surface area (Å²) >= 11 is 0. The van der Waals surface area contributed by atoms with Crippen molar-refractivity contribution in [3.63, 3.8) is 0 Å². The predicted molar refractivity (Wildman–Crippen MR) is 85.1 cm³/mol. The Balaban J connectivity index is 1.96. The fourth-order valence-electron chi connectivity index (χ4n) is 1.94. The number of nitrogens with zero attached hydrogens (tertiary/aromatic N) is 1. The molecule has 1 atom stereocenters. The van der Waals surface area contributed by atoms with E-state index in [1.54, 1.807) is 19.9 Å². The molecule has 1 aromatic carbocycles. The van der Waals surface area contributed by atoms with E-state index in [-0.39, 0.29) is 11.3 Å². The molecule has 0 saturated heterocycles. The third-order valence-electron chi connectivity index (χ3n) is 3.28. The lowest BCUT2D eigenvalue weighted by Crippen LogP contribution is -2.30. The smallest absolute Gasteiger partial charge is 0.266 e. The topological polar surface area (TPSA) is 64.4 Å². The Kier molecular flexibility index (Phi) is 4.54. The highest BCUT2D eigenvalue weighted by Crippen LogP contribution is 2.24. The Morgan fingerprint density at radius 1 is 1.27 bits per heavy atom. The highest BCUT2D eigenvalue weighted by atomic mass is 16.5. The first-order chi connectivity index (χ1) is 10.3. The zero-order chi connectivity index (χ0) is 16.3. The molecule has 22 heavy (non-hydrogen) atoms. The third kappa shape index (κ3) is 4.10. The number of amides is 1. The fraction of sp³-hybridized carbons (Fsp3) is 0.412. The van der Waals surface area contributed by atoms with Crippen LogP contribution in [-0.4, -0.2) is 17.2 Å². The van der Waals surface area contributed by atoms with Gasteiger partial charge in [-0.2, -0.15) is 0 Å². The monoisotopic (exact) mass is 302 g/mol. The Bertz CT molecular complexity index is 639. The molecule has 0 saturated carbocycles. The second kappa shape index (κ2) is 6.22. The van der Waals surface area contributed by atoms with Crippen LogP contribution >= 0.6 is 0 Å². The number of aromatic nitrogens is 1. The summed E-state index contributed by atoms with van der Waals surface area (Å²) in [4.78, 5) is 12.0. The standard InChI is InChI=1S/C17H22N2O3/c1-11-10-15(19-22-11)18-16(20)12(2)21-14-8-6-13(7-9-14)17(3,4)5/h6-10,12H,1-5H3,(H,18,19,20)/t12-/m0/s1. The van der Waals surface area contributed by atoms with E-state index in [1.807, 2.05) is 24.3 Å². The molecule has 1 N–H and O–H groups in total. The third-order valence-corrected chi connectivity index (χ3v) is 3.28. The summed E-state index contributed by atoms with van der Waals surface area (Å²) in [6.07, 6.45) is -0.627. The fourth-order valence-corrected chi connectivity index (χ4v) is 1.94. The normalized spacial score (nSPS) is 12.8. The largest absolute Gasteiger partial charge is 0.481 e. The number of aryl methyl sites for hydroxylation is 1. The predicted octanol–water partition coefficient (Wildman–Crippen LogP) is 3.69. The second-order valence-electron chi connectivity index (χ2n) is 6.35. The molecule has 0 bridgehead atoms. The van der Waals surface area contributed by atoms with Crippen LogP contribution in [0.4, 0.5) is 5.82 Å². The molecule has 1 heterocycles. The number of rotatable bonds is 4. The minimum atomic E-state index is -0.627. The van der Waals surface area contributed by atoms with Gasteiger partial charge in [-0.05, 0) is 37.0 Å². The Morgan fingerprint density at radius 2 is 1.91 bits per heavy atom. The van der Waals surface area contributed by atoms with E-state index >= 15 is 0 Å². The number of anilines is 1. The van der Waals surface area contributed by atoms with Crippen molar-refractivity contribution in [1.82, 2.24) is 5.16 Å². The van der Waals surface area contributed by atoms with Crippen LogP contribution in [0.2, 0.25) is 0 Å². The van der Waals surface area contributed by atoms with E-state index in [0.717, 1.165) is 0 Å². The van der Waals surface area contributed by atoms with Crippen LogP contribution in [0.3, 0.4) is 0 Å². The van der Waals surface area contributed by atoms with Gasteiger partial charge in [-0.15, -0.1) is 0 Å². The molecular formula is C17H22N2O3. The molecule has 0 aliphatic rings. The molecule has 5 nitrogen and oxygen atoms in total. The van der Waals surface area contributed by atoms with Gasteiger partial charge in [0.2, 0.25) is 0 Å².